The van der Waals surface area contributed by atoms with Crippen LogP contribution in [0.1, 0.15) is 85.5 Å². The molecule has 1 aromatic heterocycles. The van der Waals surface area contributed by atoms with E-state index in [2.05, 4.69) is 16.1 Å². The van der Waals surface area contributed by atoms with Crippen LogP contribution < -0.4 is 16.1 Å². The molecule has 0 spiro atoms. The van der Waals surface area contributed by atoms with Gasteiger partial charge in [0.2, 0.25) is 0 Å². The molecule has 1 saturated heterocycles. The highest BCUT2D eigenvalue weighted by Crippen LogP contribution is 2.25. The molecule has 1 fully saturated rings. The van der Waals surface area contributed by atoms with Gasteiger partial charge in [-0.15, -0.1) is 0 Å². The second-order valence-electron chi connectivity index (χ2n) is 14.3. The summed E-state index contributed by atoms with van der Waals surface area (Å²) >= 11 is 0. The van der Waals surface area contributed by atoms with Gasteiger partial charge in [0.1, 0.15) is 17.7 Å². The fraction of sp³-hybridized carbons (Fsp3) is 0.556. The maximum absolute atomic E-state index is 13.4. The van der Waals surface area contributed by atoms with Crippen molar-refractivity contribution in [2.75, 3.05) is 20.3 Å². The number of pyridine rings is 1. The number of aromatic nitrogens is 1. The number of carboxylic acid groups (broad SMARTS) is 1. The topological polar surface area (TPSA) is 185 Å². The Morgan fingerprint density at radius 1 is 1.06 bits per heavy atom. The summed E-state index contributed by atoms with van der Waals surface area (Å²) in [6.45, 7) is 14.1. The van der Waals surface area contributed by atoms with E-state index in [4.69, 9.17) is 19.2 Å². The summed E-state index contributed by atoms with van der Waals surface area (Å²) in [5.41, 5.74) is 3.03. The fourth-order valence-corrected chi connectivity index (χ4v) is 5.09. The molecule has 3 rings (SSSR count). The maximum atomic E-state index is 13.4. The number of nitrogens with zero attached hydrogens (tertiary/aromatic N) is 2. The highest BCUT2D eigenvalue weighted by atomic mass is 16.6. The number of amides is 3. The van der Waals surface area contributed by atoms with E-state index >= 15 is 0 Å². The Balaban J connectivity index is 1.70. The fourth-order valence-electron chi connectivity index (χ4n) is 5.09. The molecule has 14 nitrogen and oxygen atoms in total. The van der Waals surface area contributed by atoms with E-state index in [0.29, 0.717) is 24.1 Å². The van der Waals surface area contributed by atoms with Gasteiger partial charge in [-0.2, -0.15) is 0 Å². The van der Waals surface area contributed by atoms with Gasteiger partial charge in [0.25, 0.3) is 11.8 Å². The smallest absolute Gasteiger partial charge is 0.408 e. The minimum Gasteiger partial charge on any atom is -0.480 e. The zero-order chi connectivity index (χ0) is 37.4. The molecule has 1 aliphatic heterocycles. The molecule has 0 unspecified atom stereocenters. The molecule has 0 radical (unpaired) electrons. The largest absolute Gasteiger partial charge is 0.480 e. The number of nitrogens with one attached hydrogen (secondary N) is 3. The van der Waals surface area contributed by atoms with Crippen molar-refractivity contribution in [1.82, 2.24) is 26.1 Å². The van der Waals surface area contributed by atoms with Crippen molar-refractivity contribution in [3.63, 3.8) is 0 Å². The van der Waals surface area contributed by atoms with E-state index in [1.807, 2.05) is 37.3 Å². The van der Waals surface area contributed by atoms with E-state index < -0.39 is 71.0 Å². The van der Waals surface area contributed by atoms with Crippen LogP contribution in [0, 0.1) is 11.3 Å². The highest BCUT2D eigenvalue weighted by Gasteiger charge is 2.37. The first kappa shape index (κ1) is 39.9. The number of carboxylic acids is 1. The van der Waals surface area contributed by atoms with Gasteiger partial charge in [-0.25, -0.2) is 10.2 Å². The molecule has 2 heterocycles. The lowest BCUT2D eigenvalue weighted by atomic mass is 9.92. The summed E-state index contributed by atoms with van der Waals surface area (Å²) in [7, 11) is 1.37. The van der Waals surface area contributed by atoms with Gasteiger partial charge in [0.05, 0.1) is 29.3 Å². The van der Waals surface area contributed by atoms with Gasteiger partial charge >= 0.3 is 18.0 Å². The summed E-state index contributed by atoms with van der Waals surface area (Å²) in [5, 5.41) is 16.9. The quantitative estimate of drug-likeness (QED) is 0.221. The number of hydrogen-bond donors (Lipinski definition) is 4. The minimum absolute atomic E-state index is 0.172. The Hall–Kier alpha value is -4.56. The molecule has 0 bridgehead atoms. The van der Waals surface area contributed by atoms with Crippen molar-refractivity contribution in [1.29, 1.82) is 0 Å². The van der Waals surface area contributed by atoms with Gasteiger partial charge in [0, 0.05) is 19.0 Å². The summed E-state index contributed by atoms with van der Waals surface area (Å²) in [5.74, 6) is -3.41. The van der Waals surface area contributed by atoms with Crippen LogP contribution >= 0.6 is 0 Å². The molecule has 4 N–H and O–H groups in total. The van der Waals surface area contributed by atoms with Crippen LogP contribution in [0.3, 0.4) is 0 Å². The molecule has 14 heteroatoms. The van der Waals surface area contributed by atoms with E-state index in [1.165, 1.54) is 12.1 Å². The number of benzene rings is 1. The average molecular weight is 698 g/mol. The van der Waals surface area contributed by atoms with Gasteiger partial charge in [-0.05, 0) is 78.0 Å². The Labute approximate surface area is 293 Å². The summed E-state index contributed by atoms with van der Waals surface area (Å²) in [4.78, 5) is 68.5. The van der Waals surface area contributed by atoms with E-state index in [1.54, 1.807) is 60.6 Å². The number of hydrogen-bond acceptors (Lipinski definition) is 10. The number of ether oxygens (including phenoxy) is 3. The second kappa shape index (κ2) is 16.9. The van der Waals surface area contributed by atoms with Crippen LogP contribution in [0.25, 0.3) is 17.0 Å². The molecule has 0 saturated carbocycles. The predicted octanol–water partition coefficient (Wildman–Crippen LogP) is 4.14. The Morgan fingerprint density at radius 3 is 2.36 bits per heavy atom. The molecule has 4 atom stereocenters. The van der Waals surface area contributed by atoms with Crippen LogP contribution in [-0.2, 0) is 33.4 Å². The Morgan fingerprint density at radius 2 is 1.74 bits per heavy atom. The normalized spacial score (nSPS) is 17.2. The van der Waals surface area contributed by atoms with Crippen LogP contribution in [0.15, 0.2) is 36.4 Å². The summed E-state index contributed by atoms with van der Waals surface area (Å²) in [6.07, 6.45) is 2.53. The molecule has 0 aliphatic carbocycles. The van der Waals surface area contributed by atoms with E-state index in [0.717, 1.165) is 10.9 Å². The molecule has 1 aromatic carbocycles. The number of aliphatic carboxylic acids is 1. The number of alkyl carbamates (subject to hydrolysis) is 1. The lowest BCUT2D eigenvalue weighted by Crippen LogP contribution is -2.61. The molecule has 2 aromatic rings. The average Bonchev–Trinajstić information content (AvgIpc) is 3.04. The summed E-state index contributed by atoms with van der Waals surface area (Å²) in [6, 6.07) is 6.94. The number of fused-ring (bicyclic) bond motifs is 1. The predicted molar refractivity (Wildman–Crippen MR) is 186 cm³/mol. The van der Waals surface area contributed by atoms with E-state index in [-0.39, 0.29) is 13.2 Å². The van der Waals surface area contributed by atoms with Gasteiger partial charge in [-0.1, -0.05) is 44.2 Å². The number of rotatable bonds is 13. The van der Waals surface area contributed by atoms with Crippen molar-refractivity contribution in [3.05, 3.63) is 47.7 Å². The lowest BCUT2D eigenvalue weighted by molar-refractivity contribution is -0.165. The Kier molecular flexibility index (Phi) is 13.5. The molecule has 1 aliphatic rings. The monoisotopic (exact) mass is 697 g/mol. The standard InChI is InChI=1S/C36H51N5O9/c1-21(2)29(30(42)39-28(20-48-9)31(43)41-18-10-11-26(40-41)32(44)45)49-33(46)36(7,8)17-16-23-12-13-24-14-15-25(38-27(24)19-23)22(3)37-34(47)50-35(4,5)6/h12-17,19,21-22,26,28-29,40H,10-11,18,20H2,1-9H3,(H,37,47)(H,39,42)(H,44,45)/b17-16+/t22-,26+,28+,29+/m1/s1. The van der Waals surface area contributed by atoms with Crippen LogP contribution in [0.5, 0.6) is 0 Å². The van der Waals surface area contributed by atoms with Gasteiger partial charge in [-0.3, -0.25) is 29.2 Å². The maximum Gasteiger partial charge on any atom is 0.408 e. The first-order chi connectivity index (χ1) is 23.3. The first-order valence-corrected chi connectivity index (χ1v) is 16.7. The van der Waals surface area contributed by atoms with Crippen LogP contribution in [-0.4, -0.2) is 89.0 Å². The number of hydrazine groups is 1. The Bertz CT molecular complexity index is 1580. The van der Waals surface area contributed by atoms with Crippen molar-refractivity contribution in [2.45, 2.75) is 98.1 Å². The number of esters is 1. The van der Waals surface area contributed by atoms with Crippen molar-refractivity contribution in [2.24, 2.45) is 11.3 Å². The van der Waals surface area contributed by atoms with Crippen molar-refractivity contribution >= 4 is 46.8 Å². The third-order valence-corrected chi connectivity index (χ3v) is 7.93. The molecule has 274 valence electrons. The van der Waals surface area contributed by atoms with Crippen molar-refractivity contribution < 1.29 is 43.3 Å². The second-order valence-corrected chi connectivity index (χ2v) is 14.3. The first-order valence-electron chi connectivity index (χ1n) is 16.7. The van der Waals surface area contributed by atoms with Gasteiger partial charge < -0.3 is 30.0 Å². The number of carbonyl (C=O) groups excluding carboxylic acids is 4. The van der Waals surface area contributed by atoms with Crippen LogP contribution in [0.4, 0.5) is 4.79 Å². The molecular formula is C36H51N5O9. The molecule has 3 amide bonds. The van der Waals surface area contributed by atoms with E-state index in [9.17, 15) is 29.1 Å². The molecule has 50 heavy (non-hydrogen) atoms. The number of methoxy groups -OCH3 is 1. The zero-order valence-electron chi connectivity index (χ0n) is 30.4. The van der Waals surface area contributed by atoms with Crippen LogP contribution in [0.2, 0.25) is 0 Å². The van der Waals surface area contributed by atoms with Crippen molar-refractivity contribution in [3.8, 4) is 0 Å². The SMILES string of the molecule is COC[C@H](NC(=O)[C@@H](OC(=O)C(C)(C)/C=C/c1ccc2ccc([C@@H](C)NC(=O)OC(C)(C)C)nc2c1)C(C)C)C(=O)N1CCC[C@@H](C(=O)O)N1. The number of carbonyl (C=O) groups is 5. The zero-order valence-corrected chi connectivity index (χ0v) is 30.4. The third kappa shape index (κ3) is 11.2. The minimum atomic E-state index is -1.22. The summed E-state index contributed by atoms with van der Waals surface area (Å²) < 4.78 is 16.3. The highest BCUT2D eigenvalue weighted by molar-refractivity contribution is 5.91. The molecular weight excluding hydrogens is 646 g/mol. The third-order valence-electron chi connectivity index (χ3n) is 7.93. The lowest BCUT2D eigenvalue weighted by Gasteiger charge is -2.34. The van der Waals surface area contributed by atoms with Gasteiger partial charge in [0.15, 0.2) is 6.10 Å².